The van der Waals surface area contributed by atoms with Gasteiger partial charge in [0.15, 0.2) is 0 Å². The third-order valence-electron chi connectivity index (χ3n) is 4.05. The molecule has 3 aromatic rings. The first kappa shape index (κ1) is 17.5. The molecule has 134 valence electrons. The van der Waals surface area contributed by atoms with Crippen LogP contribution in [-0.2, 0) is 11.3 Å². The van der Waals surface area contributed by atoms with Crippen LogP contribution in [0.4, 0.5) is 0 Å². The third kappa shape index (κ3) is 3.54. The molecule has 0 aliphatic carbocycles. The number of nitrogens with one attached hydrogen (secondary N) is 1. The fraction of sp³-hybridized carbons (Fsp3) is 0.200. The molecule has 1 heterocycles. The van der Waals surface area contributed by atoms with Crippen molar-refractivity contribution in [3.63, 3.8) is 0 Å². The van der Waals surface area contributed by atoms with Gasteiger partial charge in [0, 0.05) is 36.6 Å². The van der Waals surface area contributed by atoms with E-state index in [1.54, 1.807) is 26.2 Å². The normalized spacial score (nSPS) is 10.6. The molecular formula is C20H20N2O4. The smallest absolute Gasteiger partial charge is 0.338 e. The second-order valence-corrected chi connectivity index (χ2v) is 6.07. The average Bonchev–Trinajstić information content (AvgIpc) is 3.08. The Kier molecular flexibility index (Phi) is 4.93. The lowest BCUT2D eigenvalue weighted by Crippen LogP contribution is -2.21. The van der Waals surface area contributed by atoms with E-state index >= 15 is 0 Å². The first-order chi connectivity index (χ1) is 12.5. The number of fused-ring (bicyclic) bond motifs is 1. The SMILES string of the molecule is COC(=O)c1ccccc1COc1ccc2cc(C(=O)N(C)C)[nH]c2c1. The molecule has 0 aliphatic heterocycles. The second kappa shape index (κ2) is 7.31. The Morgan fingerprint density at radius 2 is 1.85 bits per heavy atom. The number of methoxy groups -OCH3 is 1. The number of rotatable bonds is 5. The van der Waals surface area contributed by atoms with Crippen molar-refractivity contribution in [3.8, 4) is 5.75 Å². The van der Waals surface area contributed by atoms with Gasteiger partial charge in [-0.15, -0.1) is 0 Å². The van der Waals surface area contributed by atoms with Crippen molar-refractivity contribution in [2.45, 2.75) is 6.61 Å². The van der Waals surface area contributed by atoms with Crippen LogP contribution in [0, 0.1) is 0 Å². The minimum atomic E-state index is -0.393. The van der Waals surface area contributed by atoms with Crippen LogP contribution in [0.25, 0.3) is 10.9 Å². The minimum Gasteiger partial charge on any atom is -0.489 e. The summed E-state index contributed by atoms with van der Waals surface area (Å²) in [5.74, 6) is 0.161. The van der Waals surface area contributed by atoms with E-state index in [4.69, 9.17) is 9.47 Å². The maximum Gasteiger partial charge on any atom is 0.338 e. The summed E-state index contributed by atoms with van der Waals surface area (Å²) in [6.45, 7) is 0.237. The average molecular weight is 352 g/mol. The number of carbonyl (C=O) groups is 2. The van der Waals surface area contributed by atoms with Gasteiger partial charge in [0.05, 0.1) is 12.7 Å². The van der Waals surface area contributed by atoms with Gasteiger partial charge in [0.25, 0.3) is 5.91 Å². The molecule has 1 aromatic heterocycles. The Balaban J connectivity index is 1.80. The predicted octanol–water partition coefficient (Wildman–Crippen LogP) is 3.24. The molecule has 0 saturated carbocycles. The highest BCUT2D eigenvalue weighted by molar-refractivity contribution is 5.98. The number of hydrogen-bond acceptors (Lipinski definition) is 4. The number of ether oxygens (including phenoxy) is 2. The Morgan fingerprint density at radius 3 is 2.58 bits per heavy atom. The Hall–Kier alpha value is -3.28. The van der Waals surface area contributed by atoms with Gasteiger partial charge in [0.1, 0.15) is 18.1 Å². The van der Waals surface area contributed by atoms with E-state index in [0.29, 0.717) is 17.0 Å². The van der Waals surface area contributed by atoms with E-state index in [1.165, 1.54) is 12.0 Å². The van der Waals surface area contributed by atoms with Gasteiger partial charge in [-0.1, -0.05) is 18.2 Å². The van der Waals surface area contributed by atoms with Crippen LogP contribution in [0.15, 0.2) is 48.5 Å². The minimum absolute atomic E-state index is 0.0873. The number of carbonyl (C=O) groups excluding carboxylic acids is 2. The van der Waals surface area contributed by atoms with Crippen LogP contribution in [0.2, 0.25) is 0 Å². The van der Waals surface area contributed by atoms with Crippen LogP contribution in [0.1, 0.15) is 26.4 Å². The molecule has 0 saturated heterocycles. The first-order valence-corrected chi connectivity index (χ1v) is 8.13. The van der Waals surface area contributed by atoms with E-state index in [2.05, 4.69) is 4.98 Å². The van der Waals surface area contributed by atoms with E-state index < -0.39 is 5.97 Å². The largest absolute Gasteiger partial charge is 0.489 e. The molecule has 1 N–H and O–H groups in total. The summed E-state index contributed by atoms with van der Waals surface area (Å²) in [4.78, 5) is 28.5. The Labute approximate surface area is 151 Å². The summed E-state index contributed by atoms with van der Waals surface area (Å²) in [6.07, 6.45) is 0. The van der Waals surface area contributed by atoms with E-state index in [0.717, 1.165) is 16.5 Å². The number of H-pyrrole nitrogens is 1. The summed E-state index contributed by atoms with van der Waals surface area (Å²) in [6, 6.07) is 14.5. The quantitative estimate of drug-likeness (QED) is 0.716. The molecule has 1 amide bonds. The van der Waals surface area contributed by atoms with Crippen molar-refractivity contribution in [3.05, 3.63) is 65.4 Å². The van der Waals surface area contributed by atoms with Crippen molar-refractivity contribution >= 4 is 22.8 Å². The number of hydrogen-bond donors (Lipinski definition) is 1. The van der Waals surface area contributed by atoms with Crippen LogP contribution in [0.5, 0.6) is 5.75 Å². The van der Waals surface area contributed by atoms with Crippen LogP contribution in [0.3, 0.4) is 0 Å². The molecule has 3 rings (SSSR count). The zero-order valence-corrected chi connectivity index (χ0v) is 14.9. The van der Waals surface area contributed by atoms with Gasteiger partial charge in [-0.25, -0.2) is 4.79 Å². The molecule has 0 atom stereocenters. The first-order valence-electron chi connectivity index (χ1n) is 8.13. The fourth-order valence-corrected chi connectivity index (χ4v) is 2.67. The summed E-state index contributed by atoms with van der Waals surface area (Å²) < 4.78 is 10.6. The second-order valence-electron chi connectivity index (χ2n) is 6.07. The molecule has 0 aliphatic rings. The number of aromatic amines is 1. The van der Waals surface area contributed by atoms with Crippen LogP contribution >= 0.6 is 0 Å². The molecule has 6 heteroatoms. The van der Waals surface area contributed by atoms with Crippen LogP contribution < -0.4 is 4.74 Å². The lowest BCUT2D eigenvalue weighted by atomic mass is 10.1. The molecule has 0 spiro atoms. The number of aromatic nitrogens is 1. The number of nitrogens with zero attached hydrogens (tertiary/aromatic N) is 1. The molecular weight excluding hydrogens is 332 g/mol. The van der Waals surface area contributed by atoms with Gasteiger partial charge in [-0.2, -0.15) is 0 Å². The van der Waals surface area contributed by atoms with Crippen molar-refractivity contribution in [1.82, 2.24) is 9.88 Å². The van der Waals surface area contributed by atoms with Crippen LogP contribution in [-0.4, -0.2) is 43.0 Å². The molecule has 0 bridgehead atoms. The maximum absolute atomic E-state index is 12.1. The zero-order chi connectivity index (χ0) is 18.7. The maximum atomic E-state index is 12.1. The fourth-order valence-electron chi connectivity index (χ4n) is 2.67. The predicted molar refractivity (Wildman–Crippen MR) is 98.4 cm³/mol. The topological polar surface area (TPSA) is 71.6 Å². The third-order valence-corrected chi connectivity index (χ3v) is 4.05. The molecule has 2 aromatic carbocycles. The highest BCUT2D eigenvalue weighted by atomic mass is 16.5. The van der Waals surface area contributed by atoms with Gasteiger partial charge >= 0.3 is 5.97 Å². The standard InChI is InChI=1S/C20H20N2O4/c1-22(2)19(23)18-10-13-8-9-15(11-17(13)21-18)26-12-14-6-4-5-7-16(14)20(24)25-3/h4-11,21H,12H2,1-3H3. The van der Waals surface area contributed by atoms with Gasteiger partial charge in [-0.3, -0.25) is 4.79 Å². The van der Waals surface area contributed by atoms with Gasteiger partial charge in [-0.05, 0) is 24.3 Å². The molecule has 26 heavy (non-hydrogen) atoms. The van der Waals surface area contributed by atoms with Gasteiger partial charge < -0.3 is 19.4 Å². The van der Waals surface area contributed by atoms with Crippen molar-refractivity contribution < 1.29 is 19.1 Å². The zero-order valence-electron chi connectivity index (χ0n) is 14.9. The Morgan fingerprint density at radius 1 is 1.08 bits per heavy atom. The number of amides is 1. The summed E-state index contributed by atoms with van der Waals surface area (Å²) >= 11 is 0. The van der Waals surface area contributed by atoms with E-state index in [-0.39, 0.29) is 12.5 Å². The molecule has 0 unspecified atom stereocenters. The lowest BCUT2D eigenvalue weighted by molar-refractivity contribution is 0.0597. The summed E-state index contributed by atoms with van der Waals surface area (Å²) in [7, 11) is 4.77. The highest BCUT2D eigenvalue weighted by Crippen LogP contribution is 2.23. The van der Waals surface area contributed by atoms with E-state index in [9.17, 15) is 9.59 Å². The van der Waals surface area contributed by atoms with Crippen molar-refractivity contribution in [1.29, 1.82) is 0 Å². The number of benzene rings is 2. The highest BCUT2D eigenvalue weighted by Gasteiger charge is 2.13. The molecule has 0 radical (unpaired) electrons. The monoisotopic (exact) mass is 352 g/mol. The van der Waals surface area contributed by atoms with Crippen molar-refractivity contribution in [2.75, 3.05) is 21.2 Å². The van der Waals surface area contributed by atoms with Gasteiger partial charge in [0.2, 0.25) is 0 Å². The number of esters is 1. The molecule has 6 nitrogen and oxygen atoms in total. The van der Waals surface area contributed by atoms with E-state index in [1.807, 2.05) is 36.4 Å². The summed E-state index contributed by atoms with van der Waals surface area (Å²) in [5.41, 5.74) is 2.57. The molecule has 0 fully saturated rings. The summed E-state index contributed by atoms with van der Waals surface area (Å²) in [5, 5.41) is 0.928. The Bertz CT molecular complexity index is 959. The lowest BCUT2D eigenvalue weighted by Gasteiger charge is -2.10. The van der Waals surface area contributed by atoms with Crippen molar-refractivity contribution in [2.24, 2.45) is 0 Å².